The molecule has 0 amide bonds. The molecule has 38 heavy (non-hydrogen) atoms. The maximum atomic E-state index is 15.7. The van der Waals surface area contributed by atoms with E-state index in [1.807, 2.05) is 6.92 Å². The minimum absolute atomic E-state index is 0.000130. The summed E-state index contributed by atoms with van der Waals surface area (Å²) in [6.07, 6.45) is -0.584. The van der Waals surface area contributed by atoms with Gasteiger partial charge in [-0.15, -0.1) is 0 Å². The molecule has 0 spiro atoms. The first-order valence-electron chi connectivity index (χ1n) is 11.6. The van der Waals surface area contributed by atoms with Crippen LogP contribution in [0.3, 0.4) is 0 Å². The Balaban J connectivity index is 1.96. The molecule has 12 heteroatoms. The highest BCUT2D eigenvalue weighted by molar-refractivity contribution is 5.94. The molecule has 2 aromatic rings. The Bertz CT molecular complexity index is 1320. The first-order valence-corrected chi connectivity index (χ1v) is 11.6. The predicted octanol–water partition coefficient (Wildman–Crippen LogP) is 6.40. The lowest BCUT2D eigenvalue weighted by Crippen LogP contribution is -2.55. The lowest BCUT2D eigenvalue weighted by Gasteiger charge is -2.39. The van der Waals surface area contributed by atoms with Gasteiger partial charge < -0.3 is 14.6 Å². The number of carbonyl (C=O) groups is 1. The number of carboxylic acids is 1. The fourth-order valence-electron chi connectivity index (χ4n) is 4.63. The first-order chi connectivity index (χ1) is 17.9. The largest absolute Gasteiger partial charge is 0.478 e. The predicted molar refractivity (Wildman–Crippen MR) is 125 cm³/mol. The van der Waals surface area contributed by atoms with E-state index in [1.165, 1.54) is 12.1 Å². The number of ether oxygens (including phenoxy) is 2. The van der Waals surface area contributed by atoms with Gasteiger partial charge in [0, 0.05) is 17.6 Å². The number of hydrogen-bond acceptors (Lipinski definition) is 5. The van der Waals surface area contributed by atoms with Crippen molar-refractivity contribution in [3.05, 3.63) is 81.4 Å². The van der Waals surface area contributed by atoms with Gasteiger partial charge in [0.2, 0.25) is 0 Å². The van der Waals surface area contributed by atoms with E-state index in [0.717, 1.165) is 18.6 Å². The van der Waals surface area contributed by atoms with Crippen LogP contribution in [-0.4, -0.2) is 47.1 Å². The highest BCUT2D eigenvalue weighted by Gasteiger charge is 2.71. The molecule has 1 unspecified atom stereocenters. The summed E-state index contributed by atoms with van der Waals surface area (Å²) in [6.45, 7) is 1.72. The minimum atomic E-state index is -5.22. The quantitative estimate of drug-likeness (QED) is 0.249. The van der Waals surface area contributed by atoms with Crippen molar-refractivity contribution in [3.63, 3.8) is 0 Å². The third-order valence-electron chi connectivity index (χ3n) is 6.51. The third kappa shape index (κ3) is 4.37. The summed E-state index contributed by atoms with van der Waals surface area (Å²) in [6, 6.07) is 10.5. The van der Waals surface area contributed by atoms with Crippen molar-refractivity contribution in [1.82, 2.24) is 0 Å². The Morgan fingerprint density at radius 3 is 2.26 bits per heavy atom. The summed E-state index contributed by atoms with van der Waals surface area (Å²) in [5.41, 5.74) is -9.17. The Morgan fingerprint density at radius 2 is 1.71 bits per heavy atom. The number of nitro groups is 1. The number of aliphatic carboxylic acids is 1. The van der Waals surface area contributed by atoms with Gasteiger partial charge in [0.15, 0.2) is 17.9 Å². The smallest absolute Gasteiger partial charge is 0.355 e. The maximum Gasteiger partial charge on any atom is 0.355 e. The molecule has 1 atom stereocenters. The fourth-order valence-corrected chi connectivity index (χ4v) is 4.63. The van der Waals surface area contributed by atoms with Crippen LogP contribution in [0, 0.1) is 16.0 Å². The highest BCUT2D eigenvalue weighted by atomic mass is 19.3. The molecule has 2 aromatic carbocycles. The van der Waals surface area contributed by atoms with Gasteiger partial charge in [0.25, 0.3) is 5.69 Å². The summed E-state index contributed by atoms with van der Waals surface area (Å²) in [5.74, 6) is -13.5. The summed E-state index contributed by atoms with van der Waals surface area (Å²) < 4.78 is 87.6. The van der Waals surface area contributed by atoms with Crippen molar-refractivity contribution < 1.29 is 46.3 Å². The van der Waals surface area contributed by atoms with E-state index < -0.39 is 62.8 Å². The van der Waals surface area contributed by atoms with Gasteiger partial charge in [-0.1, -0.05) is 49.7 Å². The maximum absolute atomic E-state index is 15.7. The van der Waals surface area contributed by atoms with Gasteiger partial charge in [-0.25, -0.2) is 18.0 Å². The molecule has 1 fully saturated rings. The van der Waals surface area contributed by atoms with Gasteiger partial charge in [0.1, 0.15) is 0 Å². The molecule has 2 aliphatic rings. The fraction of sp³-hybridized carbons (Fsp3) is 0.346. The monoisotopic (exact) mass is 539 g/mol. The number of allylic oxidation sites excluding steroid dienone is 1. The molecular weight excluding hydrogens is 517 g/mol. The van der Waals surface area contributed by atoms with Crippen LogP contribution in [0.25, 0.3) is 16.7 Å². The van der Waals surface area contributed by atoms with Crippen molar-refractivity contribution >= 4 is 17.2 Å². The highest BCUT2D eigenvalue weighted by Crippen LogP contribution is 2.56. The number of nitrogens with zero attached hydrogens (tertiary/aromatic N) is 1. The van der Waals surface area contributed by atoms with Gasteiger partial charge in [-0.3, -0.25) is 10.1 Å². The van der Waals surface area contributed by atoms with Crippen LogP contribution in [-0.2, 0) is 14.3 Å². The molecule has 202 valence electrons. The standard InChI is InChI=1S/C26H22F5NO6/c1-2-6-14-12-37-23(38-13-14)19-20(26(30,31)25(29,24(33)34)22(28)21(19)27)16-9-10-17(18(11-16)32(35)36)15-7-4-3-5-8-15/h3-5,7-11,14,23H,2,6,12-13H2,1H3,(H,33,34). The SMILES string of the molecule is CCCC1COC(C2=C(c3ccc(-c4ccccc4)c([N+](=O)[O-])c3)C(F)(F)C(F)(C(=O)O)C(F)=C2F)OC1. The average Bonchev–Trinajstić information content (AvgIpc) is 2.90. The van der Waals surface area contributed by atoms with Crippen LogP contribution in [0.1, 0.15) is 25.3 Å². The van der Waals surface area contributed by atoms with E-state index in [4.69, 9.17) is 9.47 Å². The number of carboxylic acid groups (broad SMARTS) is 1. The molecule has 1 aliphatic heterocycles. The van der Waals surface area contributed by atoms with Crippen molar-refractivity contribution in [2.45, 2.75) is 37.6 Å². The van der Waals surface area contributed by atoms with Gasteiger partial charge in [-0.05, 0) is 23.6 Å². The Morgan fingerprint density at radius 1 is 1.08 bits per heavy atom. The molecule has 7 nitrogen and oxygen atoms in total. The molecule has 1 N–H and O–H groups in total. The molecule has 1 saturated heterocycles. The Labute approximate surface area is 213 Å². The van der Waals surface area contributed by atoms with Crippen LogP contribution >= 0.6 is 0 Å². The number of alkyl halides is 3. The van der Waals surface area contributed by atoms with Crippen LogP contribution in [0.5, 0.6) is 0 Å². The number of benzene rings is 2. The lowest BCUT2D eigenvalue weighted by molar-refractivity contribution is -0.384. The van der Waals surface area contributed by atoms with E-state index in [0.29, 0.717) is 18.1 Å². The van der Waals surface area contributed by atoms with Gasteiger partial charge in [-0.2, -0.15) is 8.78 Å². The normalized spacial score (nSPS) is 25.4. The van der Waals surface area contributed by atoms with Crippen molar-refractivity contribution in [2.24, 2.45) is 5.92 Å². The van der Waals surface area contributed by atoms with Crippen LogP contribution < -0.4 is 0 Å². The number of hydrogen-bond donors (Lipinski definition) is 1. The zero-order valence-electron chi connectivity index (χ0n) is 19.9. The zero-order chi connectivity index (χ0) is 27.8. The molecule has 1 heterocycles. The molecule has 0 saturated carbocycles. The molecule has 0 bridgehead atoms. The second-order valence-electron chi connectivity index (χ2n) is 8.96. The summed E-state index contributed by atoms with van der Waals surface area (Å²) >= 11 is 0. The summed E-state index contributed by atoms with van der Waals surface area (Å²) in [7, 11) is 0. The number of halogens is 5. The molecule has 0 aromatic heterocycles. The van der Waals surface area contributed by atoms with E-state index in [-0.39, 0.29) is 24.7 Å². The topological polar surface area (TPSA) is 98.9 Å². The minimum Gasteiger partial charge on any atom is -0.478 e. The van der Waals surface area contributed by atoms with Crippen LogP contribution in [0.2, 0.25) is 0 Å². The van der Waals surface area contributed by atoms with Crippen molar-refractivity contribution in [2.75, 3.05) is 13.2 Å². The Kier molecular flexibility index (Phi) is 7.39. The van der Waals surface area contributed by atoms with Crippen LogP contribution in [0.4, 0.5) is 27.6 Å². The lowest BCUT2D eigenvalue weighted by atomic mass is 9.78. The van der Waals surface area contributed by atoms with Crippen molar-refractivity contribution in [1.29, 1.82) is 0 Å². The average molecular weight is 539 g/mol. The second kappa shape index (κ2) is 10.3. The van der Waals surface area contributed by atoms with Crippen molar-refractivity contribution in [3.8, 4) is 11.1 Å². The summed E-state index contributed by atoms with van der Waals surface area (Å²) in [5, 5.41) is 21.1. The zero-order valence-corrected chi connectivity index (χ0v) is 19.9. The van der Waals surface area contributed by atoms with Gasteiger partial charge in [0.05, 0.1) is 29.3 Å². The molecule has 4 rings (SSSR count). The molecule has 1 aliphatic carbocycles. The number of rotatable bonds is 7. The molecule has 0 radical (unpaired) electrons. The van der Waals surface area contributed by atoms with E-state index >= 15 is 17.6 Å². The van der Waals surface area contributed by atoms with E-state index in [9.17, 15) is 24.4 Å². The first kappa shape index (κ1) is 27.4. The third-order valence-corrected chi connectivity index (χ3v) is 6.51. The van der Waals surface area contributed by atoms with Crippen LogP contribution in [0.15, 0.2) is 65.8 Å². The molecular formula is C26H22F5NO6. The Hall–Kier alpha value is -3.64. The number of nitro benzene ring substituents is 1. The van der Waals surface area contributed by atoms with E-state index in [2.05, 4.69) is 0 Å². The van der Waals surface area contributed by atoms with E-state index in [1.54, 1.807) is 18.2 Å². The van der Waals surface area contributed by atoms with Gasteiger partial charge >= 0.3 is 17.6 Å². The second-order valence-corrected chi connectivity index (χ2v) is 8.96. The summed E-state index contributed by atoms with van der Waals surface area (Å²) in [4.78, 5) is 22.5.